The predicted molar refractivity (Wildman–Crippen MR) is 57.5 cm³/mol. The number of hydrogen-bond donors (Lipinski definition) is 1. The second kappa shape index (κ2) is 4.00. The van der Waals surface area contributed by atoms with Crippen LogP contribution in [0.4, 0.5) is 4.79 Å². The van der Waals surface area contributed by atoms with E-state index in [1.165, 1.54) is 9.75 Å². The topological polar surface area (TPSA) is 32.3 Å². The molecular weight excluding hydrogens is 196 g/mol. The van der Waals surface area contributed by atoms with Gasteiger partial charge in [0.2, 0.25) is 0 Å². The zero-order chi connectivity index (χ0) is 9.97. The summed E-state index contributed by atoms with van der Waals surface area (Å²) in [6.07, 6.45) is 1.05. The Balaban J connectivity index is 1.99. The van der Waals surface area contributed by atoms with Crippen LogP contribution in [0.1, 0.15) is 16.2 Å². The van der Waals surface area contributed by atoms with Crippen LogP contribution in [0.3, 0.4) is 0 Å². The maximum Gasteiger partial charge on any atom is 0.317 e. The van der Waals surface area contributed by atoms with Gasteiger partial charge in [0.15, 0.2) is 0 Å². The SMILES string of the molecule is Cc1ccc(CN2CCCNC2=O)s1. The van der Waals surface area contributed by atoms with Crippen molar-refractivity contribution in [3.8, 4) is 0 Å². The third-order valence-corrected chi connectivity index (χ3v) is 3.30. The highest BCUT2D eigenvalue weighted by Gasteiger charge is 2.17. The first-order valence-electron chi connectivity index (χ1n) is 4.84. The molecule has 0 saturated carbocycles. The lowest BCUT2D eigenvalue weighted by atomic mass is 10.3. The molecule has 0 radical (unpaired) electrons. The highest BCUT2D eigenvalue weighted by molar-refractivity contribution is 7.11. The van der Waals surface area contributed by atoms with Crippen molar-refractivity contribution in [2.75, 3.05) is 13.1 Å². The predicted octanol–water partition coefficient (Wildman–Crippen LogP) is 1.97. The number of thiophene rings is 1. The first-order chi connectivity index (χ1) is 6.75. The molecule has 1 fully saturated rings. The average molecular weight is 210 g/mol. The van der Waals surface area contributed by atoms with Gasteiger partial charge in [0.05, 0.1) is 6.54 Å². The minimum Gasteiger partial charge on any atom is -0.338 e. The summed E-state index contributed by atoms with van der Waals surface area (Å²) >= 11 is 1.76. The third-order valence-electron chi connectivity index (χ3n) is 2.31. The molecule has 0 spiro atoms. The van der Waals surface area contributed by atoms with Gasteiger partial charge in [-0.2, -0.15) is 0 Å². The Morgan fingerprint density at radius 1 is 1.57 bits per heavy atom. The van der Waals surface area contributed by atoms with E-state index >= 15 is 0 Å². The van der Waals surface area contributed by atoms with Crippen LogP contribution in [0, 0.1) is 6.92 Å². The Morgan fingerprint density at radius 2 is 2.43 bits per heavy atom. The number of nitrogens with zero attached hydrogens (tertiary/aromatic N) is 1. The highest BCUT2D eigenvalue weighted by Crippen LogP contribution is 2.17. The maximum atomic E-state index is 11.4. The molecule has 1 N–H and O–H groups in total. The van der Waals surface area contributed by atoms with Gasteiger partial charge in [-0.1, -0.05) is 0 Å². The van der Waals surface area contributed by atoms with E-state index in [1.807, 2.05) is 4.90 Å². The van der Waals surface area contributed by atoms with Crippen molar-refractivity contribution >= 4 is 17.4 Å². The van der Waals surface area contributed by atoms with Crippen molar-refractivity contribution in [1.29, 1.82) is 0 Å². The molecule has 14 heavy (non-hydrogen) atoms. The molecule has 76 valence electrons. The van der Waals surface area contributed by atoms with Gasteiger partial charge in [-0.05, 0) is 25.5 Å². The van der Waals surface area contributed by atoms with Crippen molar-refractivity contribution in [3.05, 3.63) is 21.9 Å². The van der Waals surface area contributed by atoms with Gasteiger partial charge >= 0.3 is 6.03 Å². The fraction of sp³-hybridized carbons (Fsp3) is 0.500. The summed E-state index contributed by atoms with van der Waals surface area (Å²) < 4.78 is 0. The number of carbonyl (C=O) groups is 1. The van der Waals surface area contributed by atoms with Crippen LogP contribution in [-0.2, 0) is 6.54 Å². The number of urea groups is 1. The second-order valence-corrected chi connectivity index (χ2v) is 4.89. The van der Waals surface area contributed by atoms with Crippen LogP contribution in [0.25, 0.3) is 0 Å². The maximum absolute atomic E-state index is 11.4. The van der Waals surface area contributed by atoms with Crippen LogP contribution >= 0.6 is 11.3 Å². The first kappa shape index (κ1) is 9.52. The summed E-state index contributed by atoms with van der Waals surface area (Å²) in [5, 5.41) is 2.85. The molecular formula is C10H14N2OS. The van der Waals surface area contributed by atoms with E-state index in [0.717, 1.165) is 26.1 Å². The lowest BCUT2D eigenvalue weighted by Crippen LogP contribution is -2.45. The summed E-state index contributed by atoms with van der Waals surface area (Å²) in [7, 11) is 0. The monoisotopic (exact) mass is 210 g/mol. The number of carbonyl (C=O) groups excluding carboxylic acids is 1. The Hall–Kier alpha value is -1.03. The number of amides is 2. The fourth-order valence-electron chi connectivity index (χ4n) is 1.59. The summed E-state index contributed by atoms with van der Waals surface area (Å²) in [6, 6.07) is 4.27. The molecule has 2 amide bonds. The summed E-state index contributed by atoms with van der Waals surface area (Å²) in [5.74, 6) is 0. The lowest BCUT2D eigenvalue weighted by molar-refractivity contribution is 0.184. The lowest BCUT2D eigenvalue weighted by Gasteiger charge is -2.26. The Morgan fingerprint density at radius 3 is 3.07 bits per heavy atom. The third kappa shape index (κ3) is 2.07. The van der Waals surface area contributed by atoms with E-state index in [4.69, 9.17) is 0 Å². The van der Waals surface area contributed by atoms with E-state index in [9.17, 15) is 4.79 Å². The summed E-state index contributed by atoms with van der Waals surface area (Å²) in [4.78, 5) is 15.9. The van der Waals surface area contributed by atoms with Crippen LogP contribution in [0.2, 0.25) is 0 Å². The van der Waals surface area contributed by atoms with Crippen molar-refractivity contribution < 1.29 is 4.79 Å². The van der Waals surface area contributed by atoms with E-state index in [1.54, 1.807) is 11.3 Å². The number of aryl methyl sites for hydroxylation is 1. The molecule has 0 atom stereocenters. The quantitative estimate of drug-likeness (QED) is 0.795. The van der Waals surface area contributed by atoms with E-state index in [2.05, 4.69) is 24.4 Å². The molecule has 0 aliphatic carbocycles. The van der Waals surface area contributed by atoms with E-state index in [-0.39, 0.29) is 6.03 Å². The van der Waals surface area contributed by atoms with Crippen LogP contribution < -0.4 is 5.32 Å². The zero-order valence-corrected chi connectivity index (χ0v) is 9.06. The molecule has 1 aromatic heterocycles. The number of nitrogens with one attached hydrogen (secondary N) is 1. The standard InChI is InChI=1S/C10H14N2OS/c1-8-3-4-9(14-8)7-12-6-2-5-11-10(12)13/h3-4H,2,5-7H2,1H3,(H,11,13). The van der Waals surface area contributed by atoms with E-state index in [0.29, 0.717) is 0 Å². The number of rotatable bonds is 2. The van der Waals surface area contributed by atoms with Gasteiger partial charge in [0.25, 0.3) is 0 Å². The molecule has 1 aromatic rings. The Kier molecular flexibility index (Phi) is 2.72. The van der Waals surface area contributed by atoms with Gasteiger partial charge in [-0.25, -0.2) is 4.79 Å². The molecule has 2 heterocycles. The van der Waals surface area contributed by atoms with Gasteiger partial charge < -0.3 is 10.2 Å². The second-order valence-electron chi connectivity index (χ2n) is 3.52. The highest BCUT2D eigenvalue weighted by atomic mass is 32.1. The Bertz CT molecular complexity index is 335. The van der Waals surface area contributed by atoms with Crippen LogP contribution in [0.5, 0.6) is 0 Å². The van der Waals surface area contributed by atoms with Crippen molar-refractivity contribution in [2.45, 2.75) is 19.9 Å². The zero-order valence-electron chi connectivity index (χ0n) is 8.25. The molecule has 2 rings (SSSR count). The Labute approximate surface area is 87.7 Å². The summed E-state index contributed by atoms with van der Waals surface area (Å²) in [6.45, 7) is 4.54. The first-order valence-corrected chi connectivity index (χ1v) is 5.65. The molecule has 1 saturated heterocycles. The molecule has 0 unspecified atom stereocenters. The fourth-order valence-corrected chi connectivity index (χ4v) is 2.49. The van der Waals surface area contributed by atoms with Gasteiger partial charge in [-0.15, -0.1) is 11.3 Å². The molecule has 1 aliphatic heterocycles. The number of hydrogen-bond acceptors (Lipinski definition) is 2. The largest absolute Gasteiger partial charge is 0.338 e. The van der Waals surface area contributed by atoms with Crippen LogP contribution in [-0.4, -0.2) is 24.0 Å². The molecule has 1 aliphatic rings. The van der Waals surface area contributed by atoms with Gasteiger partial charge in [0.1, 0.15) is 0 Å². The minimum absolute atomic E-state index is 0.0716. The molecule has 0 aromatic carbocycles. The van der Waals surface area contributed by atoms with Crippen molar-refractivity contribution in [3.63, 3.8) is 0 Å². The summed E-state index contributed by atoms with van der Waals surface area (Å²) in [5.41, 5.74) is 0. The molecule has 4 heteroatoms. The average Bonchev–Trinajstić information content (AvgIpc) is 2.56. The van der Waals surface area contributed by atoms with Crippen LogP contribution in [0.15, 0.2) is 12.1 Å². The van der Waals surface area contributed by atoms with Crippen molar-refractivity contribution in [1.82, 2.24) is 10.2 Å². The minimum atomic E-state index is 0.0716. The smallest absolute Gasteiger partial charge is 0.317 e. The van der Waals surface area contributed by atoms with E-state index < -0.39 is 0 Å². The van der Waals surface area contributed by atoms with Gasteiger partial charge in [0, 0.05) is 22.8 Å². The molecule has 3 nitrogen and oxygen atoms in total. The normalized spacial score (nSPS) is 16.9. The van der Waals surface area contributed by atoms with Crippen molar-refractivity contribution in [2.24, 2.45) is 0 Å². The van der Waals surface area contributed by atoms with Gasteiger partial charge in [-0.3, -0.25) is 0 Å². The molecule has 0 bridgehead atoms.